The second-order valence-corrected chi connectivity index (χ2v) is 4.99. The van der Waals surface area contributed by atoms with Crippen LogP contribution in [0.4, 0.5) is 5.69 Å². The number of aryl methyl sites for hydroxylation is 2. The summed E-state index contributed by atoms with van der Waals surface area (Å²) in [4.78, 5) is 16.0. The van der Waals surface area contributed by atoms with Gasteiger partial charge in [0.05, 0.1) is 0 Å². The van der Waals surface area contributed by atoms with Gasteiger partial charge in [-0.1, -0.05) is 12.1 Å². The molecule has 1 fully saturated rings. The zero-order chi connectivity index (χ0) is 13.3. The Morgan fingerprint density at radius 1 is 1.33 bits per heavy atom. The minimum atomic E-state index is -0.232. The summed E-state index contributed by atoms with van der Waals surface area (Å²) in [5.74, 6) is 0.115. The maximum atomic E-state index is 12.1. The van der Waals surface area contributed by atoms with Crippen LogP contribution in [0, 0.1) is 13.8 Å². The van der Waals surface area contributed by atoms with Crippen molar-refractivity contribution in [2.75, 3.05) is 31.6 Å². The summed E-state index contributed by atoms with van der Waals surface area (Å²) in [7, 11) is 1.84. The maximum absolute atomic E-state index is 12.1. The van der Waals surface area contributed by atoms with E-state index in [-0.39, 0.29) is 11.9 Å². The fourth-order valence-corrected chi connectivity index (χ4v) is 2.46. The summed E-state index contributed by atoms with van der Waals surface area (Å²) in [6, 6.07) is 6.09. The van der Waals surface area contributed by atoms with E-state index in [0.717, 1.165) is 18.8 Å². The van der Waals surface area contributed by atoms with Crippen LogP contribution in [-0.2, 0) is 4.79 Å². The van der Waals surface area contributed by atoms with Crippen LogP contribution in [0.5, 0.6) is 0 Å². The second kappa shape index (κ2) is 4.98. The molecule has 1 amide bonds. The number of hydrogen-bond donors (Lipinski definition) is 1. The zero-order valence-electron chi connectivity index (χ0n) is 11.3. The number of nitrogens with two attached hydrogens (primary N) is 1. The molecule has 1 aliphatic heterocycles. The summed E-state index contributed by atoms with van der Waals surface area (Å²) >= 11 is 0. The van der Waals surface area contributed by atoms with Crippen molar-refractivity contribution < 1.29 is 4.79 Å². The van der Waals surface area contributed by atoms with Crippen LogP contribution < -0.4 is 10.6 Å². The van der Waals surface area contributed by atoms with Crippen LogP contribution in [0.25, 0.3) is 0 Å². The SMILES string of the molecule is Cc1ccc(C)c(N2CCN(C)C(=O)C2CN)c1. The number of rotatable bonds is 2. The molecule has 1 atom stereocenters. The largest absolute Gasteiger partial charge is 0.356 e. The van der Waals surface area contributed by atoms with Gasteiger partial charge in [0, 0.05) is 32.4 Å². The van der Waals surface area contributed by atoms with Crippen LogP contribution in [0.15, 0.2) is 18.2 Å². The first kappa shape index (κ1) is 12.9. The van der Waals surface area contributed by atoms with Crippen molar-refractivity contribution in [3.05, 3.63) is 29.3 Å². The summed E-state index contributed by atoms with van der Waals surface area (Å²) in [5, 5.41) is 0. The van der Waals surface area contributed by atoms with Crippen LogP contribution in [0.2, 0.25) is 0 Å². The number of hydrogen-bond acceptors (Lipinski definition) is 3. The number of likely N-dealkylation sites (N-methyl/N-ethyl adjacent to an activating group) is 1. The number of carbonyl (C=O) groups is 1. The third kappa shape index (κ3) is 2.20. The van der Waals surface area contributed by atoms with Gasteiger partial charge in [-0.3, -0.25) is 4.79 Å². The third-order valence-corrected chi connectivity index (χ3v) is 3.61. The predicted octanol–water partition coefficient (Wildman–Crippen LogP) is 0.909. The van der Waals surface area contributed by atoms with Crippen molar-refractivity contribution in [3.63, 3.8) is 0 Å². The quantitative estimate of drug-likeness (QED) is 0.845. The lowest BCUT2D eigenvalue weighted by Gasteiger charge is -2.40. The summed E-state index contributed by atoms with van der Waals surface area (Å²) in [6.45, 7) is 6.09. The van der Waals surface area contributed by atoms with Crippen LogP contribution in [0.1, 0.15) is 11.1 Å². The maximum Gasteiger partial charge on any atom is 0.246 e. The van der Waals surface area contributed by atoms with E-state index in [9.17, 15) is 4.79 Å². The van der Waals surface area contributed by atoms with Gasteiger partial charge >= 0.3 is 0 Å². The molecule has 0 spiro atoms. The first-order valence-corrected chi connectivity index (χ1v) is 6.33. The highest BCUT2D eigenvalue weighted by Crippen LogP contribution is 2.25. The van der Waals surface area contributed by atoms with E-state index in [4.69, 9.17) is 5.73 Å². The number of anilines is 1. The zero-order valence-corrected chi connectivity index (χ0v) is 11.3. The van der Waals surface area contributed by atoms with Crippen molar-refractivity contribution in [3.8, 4) is 0 Å². The van der Waals surface area contributed by atoms with Gasteiger partial charge in [0.2, 0.25) is 5.91 Å². The Morgan fingerprint density at radius 3 is 2.72 bits per heavy atom. The molecule has 2 N–H and O–H groups in total. The molecule has 1 saturated heterocycles. The van der Waals surface area contributed by atoms with E-state index in [1.165, 1.54) is 11.1 Å². The Hall–Kier alpha value is -1.55. The van der Waals surface area contributed by atoms with Crippen LogP contribution in [0.3, 0.4) is 0 Å². The van der Waals surface area contributed by atoms with Gasteiger partial charge < -0.3 is 15.5 Å². The molecule has 0 bridgehead atoms. The van der Waals surface area contributed by atoms with Crippen LogP contribution in [-0.4, -0.2) is 43.5 Å². The van der Waals surface area contributed by atoms with Gasteiger partial charge in [-0.25, -0.2) is 0 Å². The predicted molar refractivity (Wildman–Crippen MR) is 73.7 cm³/mol. The van der Waals surface area contributed by atoms with E-state index in [2.05, 4.69) is 36.9 Å². The van der Waals surface area contributed by atoms with E-state index < -0.39 is 0 Å². The van der Waals surface area contributed by atoms with Crippen LogP contribution >= 0.6 is 0 Å². The topological polar surface area (TPSA) is 49.6 Å². The van der Waals surface area contributed by atoms with E-state index in [1.807, 2.05) is 7.05 Å². The number of piperazine rings is 1. The molecule has 0 saturated carbocycles. The van der Waals surface area contributed by atoms with Crippen molar-refractivity contribution in [1.82, 2.24) is 4.90 Å². The van der Waals surface area contributed by atoms with Crippen molar-refractivity contribution in [2.24, 2.45) is 5.73 Å². The first-order valence-electron chi connectivity index (χ1n) is 6.33. The molecule has 2 rings (SSSR count). The summed E-state index contributed by atoms with van der Waals surface area (Å²) in [5.41, 5.74) is 9.31. The van der Waals surface area contributed by atoms with E-state index >= 15 is 0 Å². The smallest absolute Gasteiger partial charge is 0.246 e. The molecule has 1 aromatic rings. The molecule has 1 unspecified atom stereocenters. The lowest BCUT2D eigenvalue weighted by atomic mass is 10.1. The Morgan fingerprint density at radius 2 is 2.06 bits per heavy atom. The Bertz CT molecular complexity index is 458. The van der Waals surface area contributed by atoms with Crippen molar-refractivity contribution in [2.45, 2.75) is 19.9 Å². The Kier molecular flexibility index (Phi) is 3.57. The number of benzene rings is 1. The normalized spacial score (nSPS) is 20.4. The molecule has 1 aromatic carbocycles. The van der Waals surface area contributed by atoms with Gasteiger partial charge in [-0.05, 0) is 31.0 Å². The highest BCUT2D eigenvalue weighted by atomic mass is 16.2. The van der Waals surface area contributed by atoms with Gasteiger partial charge in [0.1, 0.15) is 6.04 Å². The number of amides is 1. The standard InChI is InChI=1S/C14H21N3O/c1-10-4-5-11(2)12(8-10)17-7-6-16(3)14(18)13(17)9-15/h4-5,8,13H,6-7,9,15H2,1-3H3. The molecule has 0 radical (unpaired) electrons. The van der Waals surface area contributed by atoms with E-state index in [0.29, 0.717) is 6.54 Å². The van der Waals surface area contributed by atoms with Crippen molar-refractivity contribution >= 4 is 11.6 Å². The fourth-order valence-electron chi connectivity index (χ4n) is 2.46. The molecule has 1 aliphatic rings. The molecule has 98 valence electrons. The number of carbonyl (C=O) groups excluding carboxylic acids is 1. The summed E-state index contributed by atoms with van der Waals surface area (Å²) in [6.07, 6.45) is 0. The highest BCUT2D eigenvalue weighted by molar-refractivity contribution is 5.87. The summed E-state index contributed by atoms with van der Waals surface area (Å²) < 4.78 is 0. The highest BCUT2D eigenvalue weighted by Gasteiger charge is 2.32. The number of nitrogens with zero attached hydrogens (tertiary/aromatic N) is 2. The average Bonchev–Trinajstić information content (AvgIpc) is 2.35. The minimum Gasteiger partial charge on any atom is -0.356 e. The Labute approximate surface area is 108 Å². The average molecular weight is 247 g/mol. The molecular formula is C14H21N3O. The lowest BCUT2D eigenvalue weighted by molar-refractivity contribution is -0.132. The second-order valence-electron chi connectivity index (χ2n) is 4.99. The monoisotopic (exact) mass is 247 g/mol. The minimum absolute atomic E-state index is 0.115. The van der Waals surface area contributed by atoms with Gasteiger partial charge in [-0.15, -0.1) is 0 Å². The fraction of sp³-hybridized carbons (Fsp3) is 0.500. The molecule has 18 heavy (non-hydrogen) atoms. The van der Waals surface area contributed by atoms with Crippen molar-refractivity contribution in [1.29, 1.82) is 0 Å². The van der Waals surface area contributed by atoms with Gasteiger partial charge in [-0.2, -0.15) is 0 Å². The third-order valence-electron chi connectivity index (χ3n) is 3.61. The van der Waals surface area contributed by atoms with Gasteiger partial charge in [0.25, 0.3) is 0 Å². The Balaban J connectivity index is 2.36. The molecule has 0 aromatic heterocycles. The lowest BCUT2D eigenvalue weighted by Crippen LogP contribution is -2.58. The molecule has 1 heterocycles. The molecule has 4 heteroatoms. The van der Waals surface area contributed by atoms with Gasteiger partial charge in [0.15, 0.2) is 0 Å². The molecular weight excluding hydrogens is 226 g/mol. The van der Waals surface area contributed by atoms with E-state index in [1.54, 1.807) is 4.90 Å². The molecule has 0 aliphatic carbocycles. The molecule has 4 nitrogen and oxygen atoms in total. The first-order chi connectivity index (χ1) is 8.54.